The van der Waals surface area contributed by atoms with Crippen LogP contribution in [0.4, 0.5) is 13.2 Å². The van der Waals surface area contributed by atoms with Gasteiger partial charge in [0.1, 0.15) is 6.61 Å². The van der Waals surface area contributed by atoms with Crippen molar-refractivity contribution in [1.82, 2.24) is 0 Å². The third-order valence-corrected chi connectivity index (χ3v) is 2.71. The average Bonchev–Trinajstić information content (AvgIpc) is 2.30. The maximum Gasteiger partial charge on any atom is 0.490 e. The van der Waals surface area contributed by atoms with Crippen LogP contribution in [0.3, 0.4) is 0 Å². The zero-order valence-corrected chi connectivity index (χ0v) is 11.0. The molecule has 0 aromatic rings. The summed E-state index contributed by atoms with van der Waals surface area (Å²) in [5, 5.41) is 0. The molecule has 1 unspecified atom stereocenters. The molecule has 0 heterocycles. The number of alkyl halides is 3. The molecule has 112 valence electrons. The largest absolute Gasteiger partial charge is 0.490 e. The molecule has 0 aromatic heterocycles. The van der Waals surface area contributed by atoms with Gasteiger partial charge in [-0.05, 0) is 6.42 Å². The number of primary amides is 1. The molecule has 0 saturated carbocycles. The Labute approximate surface area is 110 Å². The first kappa shape index (κ1) is 17.7. The zero-order valence-electron chi connectivity index (χ0n) is 11.0. The molecule has 0 aliphatic rings. The Kier molecular flexibility index (Phi) is 8.18. The number of hydrogen-bond donors (Lipinski definition) is 1. The van der Waals surface area contributed by atoms with E-state index >= 15 is 0 Å². The summed E-state index contributed by atoms with van der Waals surface area (Å²) in [6, 6.07) is 0. The van der Waals surface area contributed by atoms with Gasteiger partial charge in [-0.1, -0.05) is 39.0 Å². The molecule has 0 radical (unpaired) electrons. The van der Waals surface area contributed by atoms with E-state index in [9.17, 15) is 22.8 Å². The van der Waals surface area contributed by atoms with Crippen LogP contribution in [-0.2, 0) is 14.3 Å². The Hall–Kier alpha value is -1.27. The number of unbranched alkanes of at least 4 members (excludes halogenated alkanes) is 4. The van der Waals surface area contributed by atoms with E-state index in [4.69, 9.17) is 5.73 Å². The number of rotatable bonds is 9. The number of nitrogens with two attached hydrogens (primary N) is 1. The van der Waals surface area contributed by atoms with Crippen molar-refractivity contribution in [3.63, 3.8) is 0 Å². The fourth-order valence-electron chi connectivity index (χ4n) is 1.56. The monoisotopic (exact) mass is 283 g/mol. The maximum absolute atomic E-state index is 11.9. The van der Waals surface area contributed by atoms with E-state index in [0.29, 0.717) is 12.8 Å². The number of ether oxygens (including phenoxy) is 1. The molecule has 4 nitrogen and oxygen atoms in total. The predicted molar refractivity (Wildman–Crippen MR) is 63.1 cm³/mol. The second kappa shape index (κ2) is 8.77. The van der Waals surface area contributed by atoms with Gasteiger partial charge in [0.05, 0.1) is 5.92 Å². The first-order chi connectivity index (χ1) is 8.79. The molecule has 7 heteroatoms. The SMILES string of the molecule is CCCCCCCC(COC(=O)C(F)(F)F)C(N)=O. The minimum absolute atomic E-state index is 0.337. The van der Waals surface area contributed by atoms with Gasteiger partial charge in [0.2, 0.25) is 5.91 Å². The summed E-state index contributed by atoms with van der Waals surface area (Å²) >= 11 is 0. The molecule has 2 N–H and O–H groups in total. The van der Waals surface area contributed by atoms with Crippen LogP contribution in [0.5, 0.6) is 0 Å². The third-order valence-electron chi connectivity index (χ3n) is 2.71. The molecular weight excluding hydrogens is 263 g/mol. The lowest BCUT2D eigenvalue weighted by Crippen LogP contribution is -2.32. The van der Waals surface area contributed by atoms with Crippen molar-refractivity contribution in [2.24, 2.45) is 11.7 Å². The molecule has 19 heavy (non-hydrogen) atoms. The van der Waals surface area contributed by atoms with E-state index in [-0.39, 0.29) is 0 Å². The van der Waals surface area contributed by atoms with Crippen molar-refractivity contribution in [1.29, 1.82) is 0 Å². The van der Waals surface area contributed by atoms with Crippen molar-refractivity contribution in [2.75, 3.05) is 6.61 Å². The minimum atomic E-state index is -5.04. The second-order valence-corrected chi connectivity index (χ2v) is 4.40. The van der Waals surface area contributed by atoms with E-state index in [1.165, 1.54) is 0 Å². The zero-order chi connectivity index (χ0) is 14.9. The lowest BCUT2D eigenvalue weighted by molar-refractivity contribution is -0.201. The highest BCUT2D eigenvalue weighted by molar-refractivity contribution is 5.78. The Morgan fingerprint density at radius 3 is 2.21 bits per heavy atom. The molecule has 0 saturated heterocycles. The van der Waals surface area contributed by atoms with E-state index in [1.807, 2.05) is 0 Å². The normalized spacial score (nSPS) is 13.1. The van der Waals surface area contributed by atoms with Gasteiger partial charge in [0.25, 0.3) is 0 Å². The molecule has 0 rings (SSSR count). The Morgan fingerprint density at radius 1 is 1.16 bits per heavy atom. The van der Waals surface area contributed by atoms with Crippen molar-refractivity contribution in [2.45, 2.75) is 51.6 Å². The Balaban J connectivity index is 4.00. The molecular formula is C12H20F3NO3. The topological polar surface area (TPSA) is 69.4 Å². The van der Waals surface area contributed by atoms with Crippen LogP contribution in [0.25, 0.3) is 0 Å². The lowest BCUT2D eigenvalue weighted by atomic mass is 10.0. The average molecular weight is 283 g/mol. The molecule has 1 atom stereocenters. The first-order valence-corrected chi connectivity index (χ1v) is 6.32. The fraction of sp³-hybridized carbons (Fsp3) is 0.833. The van der Waals surface area contributed by atoms with Gasteiger partial charge in [-0.15, -0.1) is 0 Å². The number of amides is 1. The standard InChI is InChI=1S/C12H20F3NO3/c1-2-3-4-5-6-7-9(10(16)17)8-19-11(18)12(13,14)15/h9H,2-8H2,1H3,(H2,16,17). The number of carbonyl (C=O) groups is 2. The Morgan fingerprint density at radius 2 is 1.74 bits per heavy atom. The van der Waals surface area contributed by atoms with Gasteiger partial charge >= 0.3 is 12.1 Å². The smallest absolute Gasteiger partial charge is 0.458 e. The van der Waals surface area contributed by atoms with Gasteiger partial charge in [-0.3, -0.25) is 4.79 Å². The van der Waals surface area contributed by atoms with Gasteiger partial charge in [-0.2, -0.15) is 13.2 Å². The summed E-state index contributed by atoms with van der Waals surface area (Å²) in [5.41, 5.74) is 5.06. The van der Waals surface area contributed by atoms with Gasteiger partial charge in [0, 0.05) is 0 Å². The molecule has 0 aliphatic heterocycles. The van der Waals surface area contributed by atoms with Crippen LogP contribution in [0.2, 0.25) is 0 Å². The minimum Gasteiger partial charge on any atom is -0.458 e. The molecule has 0 spiro atoms. The molecule has 0 fully saturated rings. The van der Waals surface area contributed by atoms with Crippen LogP contribution >= 0.6 is 0 Å². The van der Waals surface area contributed by atoms with Crippen LogP contribution in [-0.4, -0.2) is 24.7 Å². The quantitative estimate of drug-likeness (QED) is 0.522. The number of hydrogen-bond acceptors (Lipinski definition) is 3. The maximum atomic E-state index is 11.9. The van der Waals surface area contributed by atoms with Crippen molar-refractivity contribution in [3.8, 4) is 0 Å². The predicted octanol–water partition coefficient (Wildman–Crippen LogP) is 2.55. The van der Waals surface area contributed by atoms with Gasteiger partial charge in [0.15, 0.2) is 0 Å². The van der Waals surface area contributed by atoms with Crippen LogP contribution in [0.1, 0.15) is 45.4 Å². The summed E-state index contributed by atoms with van der Waals surface area (Å²) in [4.78, 5) is 21.5. The van der Waals surface area contributed by atoms with Gasteiger partial charge in [-0.25, -0.2) is 4.79 Å². The van der Waals surface area contributed by atoms with Crippen molar-refractivity contribution < 1.29 is 27.5 Å². The highest BCUT2D eigenvalue weighted by Gasteiger charge is 2.41. The Bertz CT molecular complexity index is 292. The van der Waals surface area contributed by atoms with Gasteiger partial charge < -0.3 is 10.5 Å². The number of halogens is 3. The highest BCUT2D eigenvalue weighted by Crippen LogP contribution is 2.18. The summed E-state index contributed by atoms with van der Waals surface area (Å²) < 4.78 is 39.7. The lowest BCUT2D eigenvalue weighted by Gasteiger charge is -2.14. The van der Waals surface area contributed by atoms with E-state index < -0.39 is 30.6 Å². The first-order valence-electron chi connectivity index (χ1n) is 6.32. The third kappa shape index (κ3) is 8.45. The van der Waals surface area contributed by atoms with E-state index in [2.05, 4.69) is 11.7 Å². The second-order valence-electron chi connectivity index (χ2n) is 4.40. The van der Waals surface area contributed by atoms with Crippen molar-refractivity contribution >= 4 is 11.9 Å². The van der Waals surface area contributed by atoms with E-state index in [0.717, 1.165) is 25.7 Å². The fourth-order valence-corrected chi connectivity index (χ4v) is 1.56. The summed E-state index contributed by atoms with van der Waals surface area (Å²) in [7, 11) is 0. The van der Waals surface area contributed by atoms with E-state index in [1.54, 1.807) is 0 Å². The molecule has 0 aromatic carbocycles. The van der Waals surface area contributed by atoms with Crippen LogP contribution in [0.15, 0.2) is 0 Å². The van der Waals surface area contributed by atoms with Crippen LogP contribution < -0.4 is 5.73 Å². The molecule has 0 bridgehead atoms. The number of esters is 1. The number of carbonyl (C=O) groups excluding carboxylic acids is 2. The van der Waals surface area contributed by atoms with Crippen molar-refractivity contribution in [3.05, 3.63) is 0 Å². The summed E-state index contributed by atoms with van der Waals surface area (Å²) in [6.45, 7) is 1.45. The summed E-state index contributed by atoms with van der Waals surface area (Å²) in [6.07, 6.45) is 0.00653. The highest BCUT2D eigenvalue weighted by atomic mass is 19.4. The molecule has 0 aliphatic carbocycles. The summed E-state index contributed by atoms with van der Waals surface area (Å²) in [5.74, 6) is -3.89. The molecule has 1 amide bonds. The van der Waals surface area contributed by atoms with Crippen LogP contribution in [0, 0.1) is 5.92 Å².